The Balaban J connectivity index is 2.61. The molecule has 2 nitrogen and oxygen atoms in total. The summed E-state index contributed by atoms with van der Waals surface area (Å²) in [5, 5.41) is 0.468. The minimum Gasteiger partial charge on any atom is -0.339 e. The molecule has 1 fully saturated rings. The molecule has 0 unspecified atom stereocenters. The van der Waals surface area contributed by atoms with Crippen LogP contribution in [0.25, 0.3) is 0 Å². The van der Waals surface area contributed by atoms with E-state index >= 15 is 0 Å². The second kappa shape index (κ2) is 4.99. The number of likely N-dealkylation sites (tertiary alicyclic amines) is 1. The average molecular weight is 248 g/mol. The van der Waals surface area contributed by atoms with Gasteiger partial charge in [-0.25, -0.2) is 0 Å². The first-order valence-corrected chi connectivity index (χ1v) is 6.14. The van der Waals surface area contributed by atoms with Crippen LogP contribution in [-0.4, -0.2) is 28.7 Å². The number of nitrogens with zero attached hydrogens (tertiary/aromatic N) is 1. The molecular formula is C10H18BrNO. The van der Waals surface area contributed by atoms with Gasteiger partial charge in [0.25, 0.3) is 0 Å². The largest absolute Gasteiger partial charge is 0.339 e. The molecule has 0 aliphatic carbocycles. The third-order valence-corrected chi connectivity index (χ3v) is 3.23. The summed E-state index contributed by atoms with van der Waals surface area (Å²) in [4.78, 5) is 13.6. The van der Waals surface area contributed by atoms with Crippen LogP contribution in [-0.2, 0) is 4.79 Å². The van der Waals surface area contributed by atoms with E-state index in [1.807, 2.05) is 4.90 Å². The van der Waals surface area contributed by atoms with Crippen molar-refractivity contribution in [1.29, 1.82) is 0 Å². The van der Waals surface area contributed by atoms with Gasteiger partial charge in [0, 0.05) is 12.6 Å². The molecule has 1 atom stereocenters. The van der Waals surface area contributed by atoms with Gasteiger partial charge >= 0.3 is 0 Å². The second-order valence-corrected chi connectivity index (χ2v) is 4.59. The number of carbonyl (C=O) groups excluding carboxylic acids is 1. The first-order chi connectivity index (χ1) is 6.16. The van der Waals surface area contributed by atoms with Gasteiger partial charge in [0.1, 0.15) is 0 Å². The Kier molecular flexibility index (Phi) is 4.23. The predicted octanol–water partition coefficient (Wildman–Crippen LogP) is 2.42. The summed E-state index contributed by atoms with van der Waals surface area (Å²) in [5.41, 5.74) is 0. The van der Waals surface area contributed by atoms with E-state index in [2.05, 4.69) is 29.8 Å². The number of rotatable bonds is 2. The Morgan fingerprint density at radius 1 is 1.54 bits per heavy atom. The van der Waals surface area contributed by atoms with Crippen molar-refractivity contribution in [3.8, 4) is 0 Å². The van der Waals surface area contributed by atoms with Crippen molar-refractivity contribution < 1.29 is 4.79 Å². The highest BCUT2D eigenvalue weighted by Gasteiger charge is 2.27. The molecule has 76 valence electrons. The molecule has 3 heteroatoms. The maximum absolute atomic E-state index is 11.6. The van der Waals surface area contributed by atoms with Crippen LogP contribution in [0.4, 0.5) is 0 Å². The summed E-state index contributed by atoms with van der Waals surface area (Å²) < 4.78 is 0. The van der Waals surface area contributed by atoms with Gasteiger partial charge in [0.2, 0.25) is 5.91 Å². The van der Waals surface area contributed by atoms with E-state index in [9.17, 15) is 4.79 Å². The van der Waals surface area contributed by atoms with E-state index < -0.39 is 0 Å². The fraction of sp³-hybridized carbons (Fsp3) is 0.900. The minimum absolute atomic E-state index is 0.249. The van der Waals surface area contributed by atoms with Gasteiger partial charge in [-0.3, -0.25) is 4.79 Å². The summed E-state index contributed by atoms with van der Waals surface area (Å²) in [5.74, 6) is 0.835. The summed E-state index contributed by atoms with van der Waals surface area (Å²) >= 11 is 3.24. The van der Waals surface area contributed by atoms with E-state index in [1.165, 1.54) is 19.3 Å². The molecule has 13 heavy (non-hydrogen) atoms. The Morgan fingerprint density at radius 2 is 2.23 bits per heavy atom. The topological polar surface area (TPSA) is 20.3 Å². The molecule has 0 bridgehead atoms. The van der Waals surface area contributed by atoms with Crippen molar-refractivity contribution in [1.82, 2.24) is 4.90 Å². The first-order valence-electron chi connectivity index (χ1n) is 5.02. The molecule has 0 aromatic rings. The molecule has 1 heterocycles. The Morgan fingerprint density at radius 3 is 2.77 bits per heavy atom. The lowest BCUT2D eigenvalue weighted by Crippen LogP contribution is -2.46. The van der Waals surface area contributed by atoms with Gasteiger partial charge in [-0.2, -0.15) is 0 Å². The van der Waals surface area contributed by atoms with Gasteiger partial charge in [-0.15, -0.1) is 0 Å². The van der Waals surface area contributed by atoms with Crippen molar-refractivity contribution in [3.05, 3.63) is 0 Å². The fourth-order valence-electron chi connectivity index (χ4n) is 2.04. The number of amides is 1. The zero-order valence-corrected chi connectivity index (χ0v) is 10.0. The van der Waals surface area contributed by atoms with Gasteiger partial charge in [0.05, 0.1) is 5.33 Å². The van der Waals surface area contributed by atoms with Crippen LogP contribution < -0.4 is 0 Å². The van der Waals surface area contributed by atoms with Crippen LogP contribution >= 0.6 is 15.9 Å². The predicted molar refractivity (Wildman–Crippen MR) is 58.0 cm³/mol. The van der Waals surface area contributed by atoms with Crippen molar-refractivity contribution >= 4 is 21.8 Å². The molecule has 1 rings (SSSR count). The summed E-state index contributed by atoms with van der Waals surface area (Å²) in [6.45, 7) is 5.35. The summed E-state index contributed by atoms with van der Waals surface area (Å²) in [6.07, 6.45) is 3.62. The number of piperidine rings is 1. The molecule has 0 spiro atoms. The standard InChI is InChI=1S/C10H18BrNO/c1-8(2)9-5-3-4-6-12(9)10(13)7-11/h8-9H,3-7H2,1-2H3/t9-/m1/s1. The van der Waals surface area contributed by atoms with E-state index in [0.29, 0.717) is 17.3 Å². The monoisotopic (exact) mass is 247 g/mol. The first kappa shape index (κ1) is 11.0. The van der Waals surface area contributed by atoms with Crippen LogP contribution in [0, 0.1) is 5.92 Å². The number of halogens is 1. The Bertz CT molecular complexity index is 182. The molecule has 0 radical (unpaired) electrons. The van der Waals surface area contributed by atoms with Gasteiger partial charge in [0.15, 0.2) is 0 Å². The number of hydrogen-bond acceptors (Lipinski definition) is 1. The van der Waals surface area contributed by atoms with Crippen LogP contribution in [0.15, 0.2) is 0 Å². The molecule has 1 aliphatic rings. The SMILES string of the molecule is CC(C)[C@H]1CCCCN1C(=O)CBr. The molecule has 0 aromatic heterocycles. The fourth-order valence-corrected chi connectivity index (χ4v) is 2.36. The number of carbonyl (C=O) groups is 1. The lowest BCUT2D eigenvalue weighted by atomic mass is 9.93. The van der Waals surface area contributed by atoms with Crippen molar-refractivity contribution in [2.75, 3.05) is 11.9 Å². The normalized spacial score (nSPS) is 23.7. The highest BCUT2D eigenvalue weighted by Crippen LogP contribution is 2.23. The average Bonchev–Trinajstić information content (AvgIpc) is 2.16. The second-order valence-electron chi connectivity index (χ2n) is 4.03. The molecule has 0 aromatic carbocycles. The van der Waals surface area contributed by atoms with Crippen molar-refractivity contribution in [2.45, 2.75) is 39.2 Å². The van der Waals surface area contributed by atoms with E-state index in [-0.39, 0.29) is 5.91 Å². The minimum atomic E-state index is 0.249. The zero-order valence-electron chi connectivity index (χ0n) is 8.42. The van der Waals surface area contributed by atoms with Crippen LogP contribution in [0.3, 0.4) is 0 Å². The highest BCUT2D eigenvalue weighted by molar-refractivity contribution is 9.09. The highest BCUT2D eigenvalue weighted by atomic mass is 79.9. The van der Waals surface area contributed by atoms with Crippen molar-refractivity contribution in [3.63, 3.8) is 0 Å². The van der Waals surface area contributed by atoms with Crippen LogP contribution in [0.1, 0.15) is 33.1 Å². The number of hydrogen-bond donors (Lipinski definition) is 0. The smallest absolute Gasteiger partial charge is 0.233 e. The third kappa shape index (κ3) is 2.70. The molecule has 0 saturated carbocycles. The van der Waals surface area contributed by atoms with E-state index in [4.69, 9.17) is 0 Å². The maximum Gasteiger partial charge on any atom is 0.233 e. The summed E-state index contributed by atoms with van der Waals surface area (Å²) in [7, 11) is 0. The van der Waals surface area contributed by atoms with Gasteiger partial charge < -0.3 is 4.90 Å². The third-order valence-electron chi connectivity index (χ3n) is 2.75. The maximum atomic E-state index is 11.6. The zero-order chi connectivity index (χ0) is 9.84. The lowest BCUT2D eigenvalue weighted by Gasteiger charge is -2.38. The van der Waals surface area contributed by atoms with E-state index in [0.717, 1.165) is 6.54 Å². The number of alkyl halides is 1. The molecule has 0 N–H and O–H groups in total. The Hall–Kier alpha value is -0.0500. The van der Waals surface area contributed by atoms with Gasteiger partial charge in [-0.05, 0) is 25.2 Å². The molecule has 1 aliphatic heterocycles. The lowest BCUT2D eigenvalue weighted by molar-refractivity contribution is -0.132. The van der Waals surface area contributed by atoms with Crippen molar-refractivity contribution in [2.24, 2.45) is 5.92 Å². The van der Waals surface area contributed by atoms with E-state index in [1.54, 1.807) is 0 Å². The molecular weight excluding hydrogens is 230 g/mol. The quantitative estimate of drug-likeness (QED) is 0.687. The van der Waals surface area contributed by atoms with Gasteiger partial charge in [-0.1, -0.05) is 29.8 Å². The van der Waals surface area contributed by atoms with Crippen LogP contribution in [0.2, 0.25) is 0 Å². The van der Waals surface area contributed by atoms with Crippen LogP contribution in [0.5, 0.6) is 0 Å². The molecule has 1 amide bonds. The summed E-state index contributed by atoms with van der Waals surface area (Å²) in [6, 6.07) is 0.471. The molecule has 1 saturated heterocycles. The Labute approximate surface area is 88.8 Å².